The fraction of sp³-hybridized carbons (Fsp3) is 0.364. The molecule has 28 heavy (non-hydrogen) atoms. The van der Waals surface area contributed by atoms with Crippen LogP contribution in [0.25, 0.3) is 0 Å². The summed E-state index contributed by atoms with van der Waals surface area (Å²) < 4.78 is 11.5. The van der Waals surface area contributed by atoms with E-state index >= 15 is 0 Å². The summed E-state index contributed by atoms with van der Waals surface area (Å²) in [6, 6.07) is 14.5. The lowest BCUT2D eigenvalue weighted by molar-refractivity contribution is 0.0181. The number of nitrogens with one attached hydrogen (secondary N) is 1. The maximum Gasteiger partial charge on any atom is 0.321 e. The summed E-state index contributed by atoms with van der Waals surface area (Å²) in [5.74, 6) is 1.33. The van der Waals surface area contributed by atoms with Crippen molar-refractivity contribution >= 4 is 11.7 Å². The molecule has 1 heterocycles. The third-order valence-electron chi connectivity index (χ3n) is 4.73. The molecule has 6 nitrogen and oxygen atoms in total. The van der Waals surface area contributed by atoms with Crippen LogP contribution in [0.5, 0.6) is 11.5 Å². The monoisotopic (exact) mass is 379 g/mol. The van der Waals surface area contributed by atoms with Gasteiger partial charge in [0.05, 0.1) is 17.7 Å². The molecule has 1 N–H and O–H groups in total. The fourth-order valence-corrected chi connectivity index (χ4v) is 3.26. The number of carbonyl (C=O) groups excluding carboxylic acids is 1. The maximum atomic E-state index is 12.6. The van der Waals surface area contributed by atoms with E-state index in [1.807, 2.05) is 36.9 Å². The number of rotatable bonds is 5. The number of hydrogen-bond acceptors (Lipinski definition) is 4. The molecule has 0 saturated carbocycles. The van der Waals surface area contributed by atoms with E-state index in [1.54, 1.807) is 24.3 Å². The smallest absolute Gasteiger partial charge is 0.321 e. The number of ether oxygens (including phenoxy) is 2. The summed E-state index contributed by atoms with van der Waals surface area (Å²) in [7, 11) is 0. The van der Waals surface area contributed by atoms with E-state index in [0.29, 0.717) is 30.2 Å². The molecular weight excluding hydrogens is 354 g/mol. The zero-order chi connectivity index (χ0) is 19.9. The van der Waals surface area contributed by atoms with Crippen LogP contribution in [0.15, 0.2) is 42.5 Å². The van der Waals surface area contributed by atoms with Crippen molar-refractivity contribution in [3.05, 3.63) is 53.6 Å². The molecule has 2 aromatic carbocycles. The number of amides is 2. The van der Waals surface area contributed by atoms with E-state index in [0.717, 1.165) is 30.6 Å². The van der Waals surface area contributed by atoms with Gasteiger partial charge in [0.1, 0.15) is 11.5 Å². The molecular formula is C22H25N3O3. The zero-order valence-electron chi connectivity index (χ0n) is 16.3. The number of nitrogens with zero attached hydrogens (tertiary/aromatic N) is 2. The van der Waals surface area contributed by atoms with Gasteiger partial charge in [-0.2, -0.15) is 5.26 Å². The topological polar surface area (TPSA) is 74.6 Å². The second-order valence-electron chi connectivity index (χ2n) is 6.81. The van der Waals surface area contributed by atoms with Gasteiger partial charge in [0.15, 0.2) is 0 Å². The lowest BCUT2D eigenvalue weighted by Crippen LogP contribution is -2.45. The van der Waals surface area contributed by atoms with Crippen molar-refractivity contribution in [3.63, 3.8) is 0 Å². The molecule has 0 aromatic heterocycles. The Hall–Kier alpha value is -3.04. The number of nitriles is 1. The number of urea groups is 1. The molecule has 1 saturated heterocycles. The van der Waals surface area contributed by atoms with Gasteiger partial charge in [-0.05, 0) is 74.7 Å². The molecule has 2 amide bonds. The normalized spacial score (nSPS) is 16.3. The lowest BCUT2D eigenvalue weighted by Gasteiger charge is -2.32. The molecule has 0 spiro atoms. The van der Waals surface area contributed by atoms with Crippen molar-refractivity contribution in [2.75, 3.05) is 25.0 Å². The van der Waals surface area contributed by atoms with Gasteiger partial charge in [0.25, 0.3) is 0 Å². The summed E-state index contributed by atoms with van der Waals surface area (Å²) in [4.78, 5) is 14.4. The Morgan fingerprint density at radius 1 is 1.25 bits per heavy atom. The standard InChI is InChI=1S/C22H25N3O3/c1-3-27-20-5-4-12-25(15-20)22(26)24-21-11-10-19(13-16(21)2)28-18-8-6-17(14-23)7-9-18/h6-11,13,20H,3-5,12,15H2,1-2H3,(H,24,26). The van der Waals surface area contributed by atoms with Crippen molar-refractivity contribution < 1.29 is 14.3 Å². The van der Waals surface area contributed by atoms with Crippen LogP contribution in [0.1, 0.15) is 30.9 Å². The molecule has 1 atom stereocenters. The Morgan fingerprint density at radius 2 is 2.00 bits per heavy atom. The summed E-state index contributed by atoms with van der Waals surface area (Å²) in [6.07, 6.45) is 2.07. The Labute approximate surface area is 165 Å². The average molecular weight is 379 g/mol. The van der Waals surface area contributed by atoms with E-state index in [1.165, 1.54) is 0 Å². The quantitative estimate of drug-likeness (QED) is 0.818. The van der Waals surface area contributed by atoms with Gasteiger partial charge in [-0.1, -0.05) is 0 Å². The predicted octanol–water partition coefficient (Wildman–Crippen LogP) is 4.69. The molecule has 6 heteroatoms. The number of benzene rings is 2. The van der Waals surface area contributed by atoms with Crippen molar-refractivity contribution in [1.29, 1.82) is 5.26 Å². The molecule has 0 radical (unpaired) electrons. The van der Waals surface area contributed by atoms with Crippen molar-refractivity contribution in [1.82, 2.24) is 4.90 Å². The first-order valence-corrected chi connectivity index (χ1v) is 9.55. The number of piperidine rings is 1. The summed E-state index contributed by atoms with van der Waals surface area (Å²) in [6.45, 7) is 5.94. The third kappa shape index (κ3) is 5.02. The van der Waals surface area contributed by atoms with Crippen LogP contribution in [0.4, 0.5) is 10.5 Å². The molecule has 1 unspecified atom stereocenters. The number of carbonyl (C=O) groups is 1. The Bertz CT molecular complexity index is 856. The van der Waals surface area contributed by atoms with Crippen LogP contribution >= 0.6 is 0 Å². The van der Waals surface area contributed by atoms with Crippen LogP contribution in [0.3, 0.4) is 0 Å². The average Bonchev–Trinajstić information content (AvgIpc) is 2.71. The fourth-order valence-electron chi connectivity index (χ4n) is 3.26. The highest BCUT2D eigenvalue weighted by Crippen LogP contribution is 2.27. The van der Waals surface area contributed by atoms with Crippen LogP contribution in [0, 0.1) is 18.3 Å². The second-order valence-corrected chi connectivity index (χ2v) is 6.81. The number of aryl methyl sites for hydroxylation is 1. The summed E-state index contributed by atoms with van der Waals surface area (Å²) >= 11 is 0. The molecule has 0 bridgehead atoms. The second kappa shape index (κ2) is 9.25. The summed E-state index contributed by atoms with van der Waals surface area (Å²) in [5.41, 5.74) is 2.26. The zero-order valence-corrected chi connectivity index (χ0v) is 16.3. The molecule has 3 rings (SSSR count). The van der Waals surface area contributed by atoms with Gasteiger partial charge in [-0.3, -0.25) is 0 Å². The van der Waals surface area contributed by atoms with Crippen molar-refractivity contribution in [2.45, 2.75) is 32.8 Å². The largest absolute Gasteiger partial charge is 0.457 e. The minimum atomic E-state index is -0.103. The number of likely N-dealkylation sites (tertiary alicyclic amines) is 1. The molecule has 1 aliphatic heterocycles. The first-order valence-electron chi connectivity index (χ1n) is 9.55. The molecule has 2 aromatic rings. The van der Waals surface area contributed by atoms with E-state index in [9.17, 15) is 4.79 Å². The maximum absolute atomic E-state index is 12.6. The first kappa shape index (κ1) is 19.7. The molecule has 1 aliphatic rings. The molecule has 146 valence electrons. The minimum absolute atomic E-state index is 0.103. The van der Waals surface area contributed by atoms with E-state index in [4.69, 9.17) is 14.7 Å². The Kier molecular flexibility index (Phi) is 6.51. The van der Waals surface area contributed by atoms with Gasteiger partial charge in [0, 0.05) is 25.4 Å². The van der Waals surface area contributed by atoms with Gasteiger partial charge in [-0.15, -0.1) is 0 Å². The number of hydrogen-bond donors (Lipinski definition) is 1. The highest BCUT2D eigenvalue weighted by molar-refractivity contribution is 5.90. The molecule has 0 aliphatic carbocycles. The van der Waals surface area contributed by atoms with E-state index in [-0.39, 0.29) is 12.1 Å². The predicted molar refractivity (Wildman–Crippen MR) is 108 cm³/mol. The highest BCUT2D eigenvalue weighted by atomic mass is 16.5. The first-order chi connectivity index (χ1) is 13.6. The number of anilines is 1. The van der Waals surface area contributed by atoms with Gasteiger partial charge >= 0.3 is 6.03 Å². The Morgan fingerprint density at radius 3 is 2.68 bits per heavy atom. The van der Waals surface area contributed by atoms with Crippen molar-refractivity contribution in [2.24, 2.45) is 0 Å². The highest BCUT2D eigenvalue weighted by Gasteiger charge is 2.24. The lowest BCUT2D eigenvalue weighted by atomic mass is 10.1. The Balaban J connectivity index is 1.62. The van der Waals surface area contributed by atoms with E-state index < -0.39 is 0 Å². The van der Waals surface area contributed by atoms with Crippen LogP contribution < -0.4 is 10.1 Å². The van der Waals surface area contributed by atoms with Crippen LogP contribution in [0.2, 0.25) is 0 Å². The third-order valence-corrected chi connectivity index (χ3v) is 4.73. The van der Waals surface area contributed by atoms with E-state index in [2.05, 4.69) is 11.4 Å². The van der Waals surface area contributed by atoms with Gasteiger partial charge < -0.3 is 19.7 Å². The summed E-state index contributed by atoms with van der Waals surface area (Å²) in [5, 5.41) is 11.8. The van der Waals surface area contributed by atoms with Crippen LogP contribution in [-0.2, 0) is 4.74 Å². The molecule has 1 fully saturated rings. The van der Waals surface area contributed by atoms with Crippen LogP contribution in [-0.4, -0.2) is 36.7 Å². The van der Waals surface area contributed by atoms with Crippen molar-refractivity contribution in [3.8, 4) is 17.6 Å². The van der Waals surface area contributed by atoms with Gasteiger partial charge in [0.2, 0.25) is 0 Å². The minimum Gasteiger partial charge on any atom is -0.457 e. The van der Waals surface area contributed by atoms with Gasteiger partial charge in [-0.25, -0.2) is 4.79 Å². The SMILES string of the molecule is CCOC1CCCN(C(=O)Nc2ccc(Oc3ccc(C#N)cc3)cc2C)C1.